The molecule has 0 saturated heterocycles. The minimum Gasteiger partial charge on any atom is -0.417 e. The molecule has 0 radical (unpaired) electrons. The van der Waals surface area contributed by atoms with Crippen molar-refractivity contribution in [2.75, 3.05) is 0 Å². The van der Waals surface area contributed by atoms with E-state index in [1.807, 2.05) is 12.1 Å². The number of carbonyl (C=O) groups excluding carboxylic acids is 1. The lowest BCUT2D eigenvalue weighted by Gasteiger charge is -2.21. The quantitative estimate of drug-likeness (QED) is 0.758. The summed E-state index contributed by atoms with van der Waals surface area (Å²) in [5.41, 5.74) is 1.54. The van der Waals surface area contributed by atoms with E-state index >= 15 is 0 Å². The van der Waals surface area contributed by atoms with Crippen molar-refractivity contribution in [3.63, 3.8) is 0 Å². The van der Waals surface area contributed by atoms with Gasteiger partial charge in [0.05, 0.1) is 5.56 Å². The molecule has 1 rings (SSSR count). The first kappa shape index (κ1) is 11.2. The zero-order valence-corrected chi connectivity index (χ0v) is 10.1. The van der Waals surface area contributed by atoms with Gasteiger partial charge in [0.25, 0.3) is 0 Å². The molecule has 0 N–H and O–H groups in total. The van der Waals surface area contributed by atoms with Gasteiger partial charge in [-0.2, -0.15) is 0 Å². The molecule has 0 aromatic heterocycles. The number of aldehydes is 1. The minimum absolute atomic E-state index is 0.0396. The van der Waals surface area contributed by atoms with Crippen LogP contribution in [0.3, 0.4) is 0 Å². The van der Waals surface area contributed by atoms with Gasteiger partial charge in [-0.05, 0) is 11.5 Å². The van der Waals surface area contributed by atoms with Crippen LogP contribution in [0.1, 0.15) is 36.7 Å². The van der Waals surface area contributed by atoms with Crippen LogP contribution in [0.2, 0.25) is 0 Å². The van der Waals surface area contributed by atoms with Crippen molar-refractivity contribution in [2.45, 2.75) is 26.2 Å². The Kier molecular flexibility index (Phi) is 3.32. The van der Waals surface area contributed by atoms with E-state index in [4.69, 9.17) is 3.83 Å². The first-order chi connectivity index (χ1) is 6.50. The largest absolute Gasteiger partial charge is 0.417 e. The fourth-order valence-electron chi connectivity index (χ4n) is 1.32. The molecule has 0 fully saturated rings. The molecule has 0 aliphatic carbocycles. The molecule has 0 aliphatic heterocycles. The van der Waals surface area contributed by atoms with Gasteiger partial charge >= 0.3 is 0 Å². The van der Waals surface area contributed by atoms with Crippen molar-refractivity contribution >= 4 is 22.5 Å². The molecule has 76 valence electrons. The maximum absolute atomic E-state index is 10.8. The molecule has 0 amide bonds. The normalized spacial score (nSPS) is 11.1. The second-order valence-corrected chi connectivity index (χ2v) is 4.49. The third kappa shape index (κ3) is 2.15. The third-order valence-corrected chi connectivity index (χ3v) is 2.38. The lowest BCUT2D eigenvalue weighted by atomic mass is 9.85. The molecule has 1 aromatic carbocycles. The standard InChI is InChI=1S/C11H13BrO2/c1-11(2,3)9-6-4-5-8(7-13)10(9)14-12/h4-7H,1-3H3. The topological polar surface area (TPSA) is 26.3 Å². The lowest BCUT2D eigenvalue weighted by molar-refractivity contribution is 0.112. The molecule has 1 aromatic rings. The first-order valence-electron chi connectivity index (χ1n) is 4.38. The van der Waals surface area contributed by atoms with E-state index in [0.29, 0.717) is 11.3 Å². The Morgan fingerprint density at radius 3 is 2.43 bits per heavy atom. The van der Waals surface area contributed by atoms with E-state index in [2.05, 4.69) is 37.0 Å². The summed E-state index contributed by atoms with van der Waals surface area (Å²) in [6.45, 7) is 6.23. The molecule has 3 heteroatoms. The van der Waals surface area contributed by atoms with E-state index in [-0.39, 0.29) is 5.41 Å². The summed E-state index contributed by atoms with van der Waals surface area (Å²) < 4.78 is 5.08. The molecule has 0 bridgehead atoms. The molecule has 14 heavy (non-hydrogen) atoms. The van der Waals surface area contributed by atoms with Gasteiger partial charge in [-0.25, -0.2) is 0 Å². The van der Waals surface area contributed by atoms with Gasteiger partial charge in [-0.3, -0.25) is 4.79 Å². The molecule has 0 heterocycles. The minimum atomic E-state index is -0.0396. The summed E-state index contributed by atoms with van der Waals surface area (Å²) in [6.07, 6.45) is 0.797. The highest BCUT2D eigenvalue weighted by atomic mass is 79.9. The van der Waals surface area contributed by atoms with Crippen molar-refractivity contribution < 1.29 is 8.62 Å². The van der Waals surface area contributed by atoms with Gasteiger partial charge in [0.15, 0.2) is 28.3 Å². The lowest BCUT2D eigenvalue weighted by Crippen LogP contribution is -2.12. The number of carbonyl (C=O) groups is 1. The molecule has 0 saturated carbocycles. The van der Waals surface area contributed by atoms with Gasteiger partial charge in [0.2, 0.25) is 0 Å². The Morgan fingerprint density at radius 1 is 1.36 bits per heavy atom. The van der Waals surface area contributed by atoms with E-state index in [0.717, 1.165) is 11.8 Å². The molecule has 0 spiro atoms. The van der Waals surface area contributed by atoms with Crippen molar-refractivity contribution in [2.24, 2.45) is 0 Å². The maximum atomic E-state index is 10.8. The zero-order valence-electron chi connectivity index (χ0n) is 8.50. The molecule has 0 atom stereocenters. The highest BCUT2D eigenvalue weighted by Gasteiger charge is 2.20. The Morgan fingerprint density at radius 2 is 2.00 bits per heavy atom. The van der Waals surface area contributed by atoms with E-state index in [9.17, 15) is 4.79 Å². The second-order valence-electron chi connectivity index (χ2n) is 4.17. The molecule has 0 aliphatic rings. The van der Waals surface area contributed by atoms with Crippen molar-refractivity contribution in [3.8, 4) is 5.75 Å². The molecular formula is C11H13BrO2. The van der Waals surface area contributed by atoms with Crippen LogP contribution in [0.25, 0.3) is 0 Å². The molecule has 0 unspecified atom stereocenters. The van der Waals surface area contributed by atoms with Gasteiger partial charge in [-0.1, -0.05) is 32.9 Å². The molecular weight excluding hydrogens is 244 g/mol. The number of hydrogen-bond donors (Lipinski definition) is 0. The van der Waals surface area contributed by atoms with Crippen molar-refractivity contribution in [3.05, 3.63) is 29.3 Å². The van der Waals surface area contributed by atoms with Crippen molar-refractivity contribution in [1.82, 2.24) is 0 Å². The van der Waals surface area contributed by atoms with Gasteiger partial charge in [0, 0.05) is 5.56 Å². The SMILES string of the molecule is CC(C)(C)c1cccc(C=O)c1OBr. The van der Waals surface area contributed by atoms with Crippen LogP contribution < -0.4 is 3.83 Å². The number of rotatable bonds is 2. The number of halogens is 1. The first-order valence-corrected chi connectivity index (χ1v) is 5.02. The van der Waals surface area contributed by atoms with Crippen LogP contribution in [0, 0.1) is 0 Å². The van der Waals surface area contributed by atoms with Crippen LogP contribution in [0.5, 0.6) is 5.75 Å². The highest BCUT2D eigenvalue weighted by Crippen LogP contribution is 2.34. The van der Waals surface area contributed by atoms with Gasteiger partial charge in [-0.15, -0.1) is 0 Å². The summed E-state index contributed by atoms with van der Waals surface area (Å²) in [6, 6.07) is 5.56. The van der Waals surface area contributed by atoms with E-state index < -0.39 is 0 Å². The average Bonchev–Trinajstić information content (AvgIpc) is 2.15. The third-order valence-electron chi connectivity index (χ3n) is 2.06. The maximum Gasteiger partial charge on any atom is 0.179 e. The monoisotopic (exact) mass is 256 g/mol. The Balaban J connectivity index is 3.36. The summed E-state index contributed by atoms with van der Waals surface area (Å²) >= 11 is 2.93. The summed E-state index contributed by atoms with van der Waals surface area (Å²) in [7, 11) is 0. The Bertz CT molecular complexity index is 340. The Labute approximate surface area is 92.7 Å². The van der Waals surface area contributed by atoms with E-state index in [1.54, 1.807) is 6.07 Å². The van der Waals surface area contributed by atoms with Crippen LogP contribution in [0.15, 0.2) is 18.2 Å². The van der Waals surface area contributed by atoms with Crippen LogP contribution in [0.4, 0.5) is 0 Å². The summed E-state index contributed by atoms with van der Waals surface area (Å²) in [5.74, 6) is 0.606. The van der Waals surface area contributed by atoms with Crippen LogP contribution in [-0.2, 0) is 5.41 Å². The van der Waals surface area contributed by atoms with Crippen LogP contribution >= 0.6 is 16.3 Å². The number of hydrogen-bond acceptors (Lipinski definition) is 2. The van der Waals surface area contributed by atoms with Crippen LogP contribution in [-0.4, -0.2) is 6.29 Å². The second kappa shape index (κ2) is 4.13. The predicted molar refractivity (Wildman–Crippen MR) is 60.1 cm³/mol. The van der Waals surface area contributed by atoms with Gasteiger partial charge in [0.1, 0.15) is 0 Å². The van der Waals surface area contributed by atoms with Gasteiger partial charge < -0.3 is 3.83 Å². The fraction of sp³-hybridized carbons (Fsp3) is 0.364. The van der Waals surface area contributed by atoms with Crippen molar-refractivity contribution in [1.29, 1.82) is 0 Å². The Hall–Kier alpha value is -0.830. The zero-order chi connectivity index (χ0) is 10.8. The highest BCUT2D eigenvalue weighted by molar-refractivity contribution is 9.06. The smallest absolute Gasteiger partial charge is 0.179 e. The number of benzene rings is 1. The fourth-order valence-corrected chi connectivity index (χ4v) is 1.69. The van der Waals surface area contributed by atoms with E-state index in [1.165, 1.54) is 0 Å². The average molecular weight is 257 g/mol. The summed E-state index contributed by atoms with van der Waals surface area (Å²) in [5, 5.41) is 0. The summed E-state index contributed by atoms with van der Waals surface area (Å²) in [4.78, 5) is 10.8. The number of para-hydroxylation sites is 1. The predicted octanol–water partition coefficient (Wildman–Crippen LogP) is 3.49. The molecule has 2 nitrogen and oxygen atoms in total.